The Kier molecular flexibility index (Phi) is 3.87. The third-order valence-corrected chi connectivity index (χ3v) is 1.69. The van der Waals surface area contributed by atoms with Crippen LogP contribution in [0.2, 0.25) is 0 Å². The van der Waals surface area contributed by atoms with Crippen molar-refractivity contribution in [1.82, 2.24) is 0 Å². The molecule has 0 amide bonds. The van der Waals surface area contributed by atoms with Crippen molar-refractivity contribution in [2.24, 2.45) is 0 Å². The standard InChI is InChI=1S/C12H9NO2/c13-9-11(12(14)15)8-4-7-10-5-2-1-3-6-10/h1-8H,(H,14,15)/p-1/b7-4+,11-8+. The summed E-state index contributed by atoms with van der Waals surface area (Å²) in [4.78, 5) is 10.3. The molecule has 0 radical (unpaired) electrons. The third-order valence-electron chi connectivity index (χ3n) is 1.69. The van der Waals surface area contributed by atoms with Gasteiger partial charge in [0.25, 0.3) is 0 Å². The first kappa shape index (κ1) is 10.7. The van der Waals surface area contributed by atoms with Crippen molar-refractivity contribution in [1.29, 1.82) is 5.26 Å². The molecule has 0 heterocycles. The first-order valence-electron chi connectivity index (χ1n) is 4.29. The number of rotatable bonds is 3. The fourth-order valence-corrected chi connectivity index (χ4v) is 0.971. The van der Waals surface area contributed by atoms with Gasteiger partial charge in [0.15, 0.2) is 0 Å². The molecule has 0 saturated carbocycles. The van der Waals surface area contributed by atoms with E-state index < -0.39 is 5.97 Å². The lowest BCUT2D eigenvalue weighted by Gasteiger charge is -1.95. The molecular formula is C12H8NO2-. The maximum Gasteiger partial charge on any atom is 0.101 e. The molecule has 0 N–H and O–H groups in total. The molecule has 0 spiro atoms. The number of carbonyl (C=O) groups is 1. The van der Waals surface area contributed by atoms with Crippen LogP contribution in [0.15, 0.2) is 48.1 Å². The van der Waals surface area contributed by atoms with E-state index in [0.717, 1.165) is 5.56 Å². The van der Waals surface area contributed by atoms with E-state index in [9.17, 15) is 9.90 Å². The van der Waals surface area contributed by atoms with Crippen LogP contribution >= 0.6 is 0 Å². The van der Waals surface area contributed by atoms with Crippen LogP contribution in [0.25, 0.3) is 6.08 Å². The van der Waals surface area contributed by atoms with E-state index in [1.807, 2.05) is 30.3 Å². The molecule has 15 heavy (non-hydrogen) atoms. The lowest BCUT2D eigenvalue weighted by atomic mass is 10.2. The van der Waals surface area contributed by atoms with Crippen molar-refractivity contribution < 1.29 is 9.90 Å². The Labute approximate surface area is 87.6 Å². The second-order valence-corrected chi connectivity index (χ2v) is 2.75. The summed E-state index contributed by atoms with van der Waals surface area (Å²) < 4.78 is 0. The number of nitrogens with zero attached hydrogens (tertiary/aromatic N) is 1. The van der Waals surface area contributed by atoms with E-state index >= 15 is 0 Å². The van der Waals surface area contributed by atoms with Gasteiger partial charge in [-0.25, -0.2) is 0 Å². The molecule has 1 aromatic carbocycles. The first-order chi connectivity index (χ1) is 7.24. The van der Waals surface area contributed by atoms with Crippen LogP contribution in [0.1, 0.15) is 5.56 Å². The molecule has 3 nitrogen and oxygen atoms in total. The first-order valence-corrected chi connectivity index (χ1v) is 4.29. The van der Waals surface area contributed by atoms with Crippen molar-refractivity contribution in [3.63, 3.8) is 0 Å². The normalized spacial score (nSPS) is 11.3. The lowest BCUT2D eigenvalue weighted by Crippen LogP contribution is -2.23. The van der Waals surface area contributed by atoms with Gasteiger partial charge in [0.05, 0.1) is 11.5 Å². The molecule has 0 aromatic heterocycles. The highest BCUT2D eigenvalue weighted by Crippen LogP contribution is 2.01. The van der Waals surface area contributed by atoms with Crippen LogP contribution in [0, 0.1) is 11.3 Å². The monoisotopic (exact) mass is 198 g/mol. The minimum atomic E-state index is -1.46. The topological polar surface area (TPSA) is 63.9 Å². The second kappa shape index (κ2) is 5.40. The number of carbonyl (C=O) groups excluding carboxylic acids is 1. The average molecular weight is 198 g/mol. The van der Waals surface area contributed by atoms with E-state index in [1.165, 1.54) is 18.2 Å². The predicted octanol–water partition coefficient (Wildman–Crippen LogP) is 0.900. The van der Waals surface area contributed by atoms with Gasteiger partial charge in [-0.15, -0.1) is 0 Å². The van der Waals surface area contributed by atoms with Gasteiger partial charge >= 0.3 is 0 Å². The van der Waals surface area contributed by atoms with Crippen molar-refractivity contribution in [2.45, 2.75) is 0 Å². The summed E-state index contributed by atoms with van der Waals surface area (Å²) in [5, 5.41) is 18.8. The number of hydrogen-bond acceptors (Lipinski definition) is 3. The summed E-state index contributed by atoms with van der Waals surface area (Å²) in [5.74, 6) is -1.46. The highest BCUT2D eigenvalue weighted by molar-refractivity contribution is 5.89. The second-order valence-electron chi connectivity index (χ2n) is 2.75. The highest BCUT2D eigenvalue weighted by atomic mass is 16.4. The summed E-state index contributed by atoms with van der Waals surface area (Å²) in [6, 6.07) is 10.9. The number of carboxylic acid groups (broad SMARTS) is 1. The third kappa shape index (κ3) is 3.49. The van der Waals surface area contributed by atoms with E-state index in [-0.39, 0.29) is 5.57 Å². The van der Waals surface area contributed by atoms with Crippen LogP contribution in [-0.4, -0.2) is 5.97 Å². The van der Waals surface area contributed by atoms with Gasteiger partial charge in [0, 0.05) is 0 Å². The van der Waals surface area contributed by atoms with Crippen molar-refractivity contribution >= 4 is 12.0 Å². The summed E-state index contributed by atoms with van der Waals surface area (Å²) in [6.07, 6.45) is 4.42. The highest BCUT2D eigenvalue weighted by Gasteiger charge is 1.91. The van der Waals surface area contributed by atoms with E-state index in [2.05, 4.69) is 0 Å². The Balaban J connectivity index is 2.76. The van der Waals surface area contributed by atoms with Gasteiger partial charge < -0.3 is 9.90 Å². The maximum absolute atomic E-state index is 10.3. The molecule has 0 aliphatic rings. The zero-order valence-corrected chi connectivity index (χ0v) is 7.88. The Morgan fingerprint density at radius 3 is 2.53 bits per heavy atom. The zero-order chi connectivity index (χ0) is 11.1. The van der Waals surface area contributed by atoms with Crippen LogP contribution in [0.4, 0.5) is 0 Å². The van der Waals surface area contributed by atoms with Gasteiger partial charge in [-0.2, -0.15) is 5.26 Å². The molecule has 0 unspecified atom stereocenters. The molecule has 74 valence electrons. The molecule has 3 heteroatoms. The van der Waals surface area contributed by atoms with E-state index in [1.54, 1.807) is 6.08 Å². The van der Waals surface area contributed by atoms with Gasteiger partial charge in [-0.1, -0.05) is 42.5 Å². The quantitative estimate of drug-likeness (QED) is 0.411. The average Bonchev–Trinajstić information content (AvgIpc) is 2.25. The van der Waals surface area contributed by atoms with Gasteiger partial charge in [0.2, 0.25) is 0 Å². The molecule has 1 aromatic rings. The van der Waals surface area contributed by atoms with Crippen molar-refractivity contribution in [3.05, 3.63) is 53.6 Å². The lowest BCUT2D eigenvalue weighted by molar-refractivity contribution is -0.298. The molecule has 1 rings (SSSR count). The molecule has 0 bridgehead atoms. The minimum absolute atomic E-state index is 0.387. The van der Waals surface area contributed by atoms with Gasteiger partial charge in [0.1, 0.15) is 6.07 Å². The molecule has 0 aliphatic heterocycles. The van der Waals surface area contributed by atoms with Crippen LogP contribution < -0.4 is 5.11 Å². The zero-order valence-electron chi connectivity index (χ0n) is 7.88. The Bertz CT molecular complexity index is 438. The number of hydrogen-bond donors (Lipinski definition) is 0. The Hall–Kier alpha value is -2.34. The van der Waals surface area contributed by atoms with Crippen LogP contribution in [-0.2, 0) is 4.79 Å². The SMILES string of the molecule is N#C/C(=C\C=C\c1ccccc1)C(=O)[O-]. The number of aliphatic carboxylic acids is 1. The number of benzene rings is 1. The van der Waals surface area contributed by atoms with Gasteiger partial charge in [-0.05, 0) is 11.6 Å². The van der Waals surface area contributed by atoms with Crippen LogP contribution in [0.3, 0.4) is 0 Å². The minimum Gasteiger partial charge on any atom is -0.544 e. The van der Waals surface area contributed by atoms with E-state index in [4.69, 9.17) is 5.26 Å². The smallest absolute Gasteiger partial charge is 0.101 e. The molecular weight excluding hydrogens is 190 g/mol. The Morgan fingerprint density at radius 1 is 1.33 bits per heavy atom. The largest absolute Gasteiger partial charge is 0.544 e. The van der Waals surface area contributed by atoms with Crippen molar-refractivity contribution in [2.75, 3.05) is 0 Å². The van der Waals surface area contributed by atoms with Crippen molar-refractivity contribution in [3.8, 4) is 6.07 Å². The molecule has 0 atom stereocenters. The summed E-state index contributed by atoms with van der Waals surface area (Å²) in [5.41, 5.74) is 0.548. The fourth-order valence-electron chi connectivity index (χ4n) is 0.971. The number of carboxylic acids is 1. The number of nitriles is 1. The molecule has 0 fully saturated rings. The summed E-state index contributed by atoms with van der Waals surface area (Å²) in [6.45, 7) is 0. The van der Waals surface area contributed by atoms with Crippen LogP contribution in [0.5, 0.6) is 0 Å². The predicted molar refractivity (Wildman–Crippen MR) is 54.2 cm³/mol. The Morgan fingerprint density at radius 2 is 2.00 bits per heavy atom. The molecule has 0 aliphatic carbocycles. The summed E-state index contributed by atoms with van der Waals surface area (Å²) in [7, 11) is 0. The number of allylic oxidation sites excluding steroid dienone is 2. The van der Waals surface area contributed by atoms with Gasteiger partial charge in [-0.3, -0.25) is 0 Å². The molecule has 0 saturated heterocycles. The fraction of sp³-hybridized carbons (Fsp3) is 0. The summed E-state index contributed by atoms with van der Waals surface area (Å²) >= 11 is 0. The maximum atomic E-state index is 10.3. The van der Waals surface area contributed by atoms with E-state index in [0.29, 0.717) is 0 Å².